The third-order valence-corrected chi connectivity index (χ3v) is 4.00. The molecule has 0 heterocycles. The lowest BCUT2D eigenvalue weighted by Crippen LogP contribution is -2.01. The molecule has 0 fully saturated rings. The van der Waals surface area contributed by atoms with E-state index in [4.69, 9.17) is 11.0 Å². The minimum atomic E-state index is -1.68. The second kappa shape index (κ2) is 5.80. The fourth-order valence-corrected chi connectivity index (χ4v) is 2.85. The van der Waals surface area contributed by atoms with Gasteiger partial charge in [-0.15, -0.1) is 0 Å². The lowest BCUT2D eigenvalue weighted by atomic mass is 10.1. The van der Waals surface area contributed by atoms with Crippen molar-refractivity contribution in [2.75, 3.05) is 5.73 Å². The summed E-state index contributed by atoms with van der Waals surface area (Å²) < 4.78 is 39.0. The highest BCUT2D eigenvalue weighted by Gasteiger charge is 2.12. The minimum absolute atomic E-state index is 0.00182. The normalized spacial score (nSPS) is 11.8. The summed E-state index contributed by atoms with van der Waals surface area (Å²) >= 11 is 0. The number of nitrogens with zero attached hydrogens (tertiary/aromatic N) is 1. The van der Waals surface area contributed by atoms with Crippen LogP contribution in [0.3, 0.4) is 0 Å². The molecule has 0 aliphatic rings. The Morgan fingerprint density at radius 1 is 1.20 bits per heavy atom. The van der Waals surface area contributed by atoms with Crippen molar-refractivity contribution in [3.63, 3.8) is 0 Å². The first-order chi connectivity index (χ1) is 9.49. The first-order valence-electron chi connectivity index (χ1n) is 5.62. The van der Waals surface area contributed by atoms with Crippen LogP contribution in [0.5, 0.6) is 0 Å². The van der Waals surface area contributed by atoms with E-state index in [1.165, 1.54) is 24.3 Å². The Labute approximate surface area is 117 Å². The van der Waals surface area contributed by atoms with Gasteiger partial charge < -0.3 is 5.73 Å². The highest BCUT2D eigenvalue weighted by atomic mass is 32.2. The van der Waals surface area contributed by atoms with Gasteiger partial charge in [0.1, 0.15) is 11.6 Å². The molecular weight excluding hydrogens is 282 g/mol. The Bertz CT molecular complexity index is 726. The van der Waals surface area contributed by atoms with Crippen molar-refractivity contribution in [1.29, 1.82) is 5.26 Å². The summed E-state index contributed by atoms with van der Waals surface area (Å²) in [4.78, 5) is 0.00182. The molecule has 0 amide bonds. The molecule has 6 heteroatoms. The van der Waals surface area contributed by atoms with Crippen molar-refractivity contribution in [3.05, 3.63) is 59.2 Å². The van der Waals surface area contributed by atoms with Gasteiger partial charge in [0.05, 0.1) is 33.1 Å². The van der Waals surface area contributed by atoms with Crippen LogP contribution in [0.4, 0.5) is 14.5 Å². The molecule has 1 atom stereocenters. The van der Waals surface area contributed by atoms with Crippen LogP contribution in [0.2, 0.25) is 0 Å². The zero-order chi connectivity index (χ0) is 14.7. The smallest absolute Gasteiger partial charge is 0.141 e. The van der Waals surface area contributed by atoms with Crippen molar-refractivity contribution in [2.24, 2.45) is 0 Å². The van der Waals surface area contributed by atoms with E-state index in [0.717, 1.165) is 12.1 Å². The standard InChI is InChI=1S/C14H10F2N2OS/c15-11-4-9(7-17)3-10(5-11)8-20(19)14-2-1-12(18)6-13(14)16/h1-6H,8,18H2. The highest BCUT2D eigenvalue weighted by molar-refractivity contribution is 7.84. The number of anilines is 1. The first-order valence-corrected chi connectivity index (χ1v) is 6.94. The molecule has 2 rings (SSSR count). The van der Waals surface area contributed by atoms with Gasteiger partial charge in [-0.3, -0.25) is 4.21 Å². The SMILES string of the molecule is N#Cc1cc(F)cc(CS(=O)c2ccc(N)cc2F)c1. The summed E-state index contributed by atoms with van der Waals surface area (Å²) in [7, 11) is -1.68. The van der Waals surface area contributed by atoms with E-state index in [-0.39, 0.29) is 21.9 Å². The maximum atomic E-state index is 13.6. The van der Waals surface area contributed by atoms with Crippen LogP contribution in [-0.4, -0.2) is 4.21 Å². The van der Waals surface area contributed by atoms with Crippen molar-refractivity contribution in [3.8, 4) is 6.07 Å². The number of hydrogen-bond donors (Lipinski definition) is 1. The Balaban J connectivity index is 2.28. The molecule has 0 aliphatic carbocycles. The molecule has 3 nitrogen and oxygen atoms in total. The van der Waals surface area contributed by atoms with E-state index in [1.54, 1.807) is 0 Å². The predicted molar refractivity (Wildman–Crippen MR) is 72.0 cm³/mol. The molecule has 2 aromatic rings. The van der Waals surface area contributed by atoms with Crippen LogP contribution in [-0.2, 0) is 16.6 Å². The summed E-state index contributed by atoms with van der Waals surface area (Å²) in [5, 5.41) is 8.75. The fraction of sp³-hybridized carbons (Fsp3) is 0.0714. The van der Waals surface area contributed by atoms with Crippen LogP contribution < -0.4 is 5.73 Å². The lowest BCUT2D eigenvalue weighted by molar-refractivity contribution is 0.596. The molecule has 0 radical (unpaired) electrons. The predicted octanol–water partition coefficient (Wildman–Crippen LogP) is 2.73. The zero-order valence-corrected chi connectivity index (χ0v) is 11.1. The van der Waals surface area contributed by atoms with Gasteiger partial charge in [-0.1, -0.05) is 0 Å². The highest BCUT2D eigenvalue weighted by Crippen LogP contribution is 2.19. The third kappa shape index (κ3) is 3.19. The molecule has 20 heavy (non-hydrogen) atoms. The van der Waals surface area contributed by atoms with Gasteiger partial charge >= 0.3 is 0 Å². The quantitative estimate of drug-likeness (QED) is 0.884. The first kappa shape index (κ1) is 14.2. The van der Waals surface area contributed by atoms with E-state index in [9.17, 15) is 13.0 Å². The number of benzene rings is 2. The average Bonchev–Trinajstić information content (AvgIpc) is 2.37. The maximum absolute atomic E-state index is 13.6. The summed E-state index contributed by atoms with van der Waals surface area (Å²) in [5.41, 5.74) is 6.16. The Morgan fingerprint density at radius 2 is 1.95 bits per heavy atom. The van der Waals surface area contributed by atoms with Crippen LogP contribution in [0.1, 0.15) is 11.1 Å². The van der Waals surface area contributed by atoms with Crippen molar-refractivity contribution in [1.82, 2.24) is 0 Å². The van der Waals surface area contributed by atoms with Crippen LogP contribution in [0, 0.1) is 23.0 Å². The van der Waals surface area contributed by atoms with Crippen molar-refractivity contribution < 1.29 is 13.0 Å². The van der Waals surface area contributed by atoms with Gasteiger partial charge in [-0.05, 0) is 42.0 Å². The molecule has 0 saturated heterocycles. The van der Waals surface area contributed by atoms with Crippen molar-refractivity contribution >= 4 is 16.5 Å². The van der Waals surface area contributed by atoms with E-state index < -0.39 is 22.4 Å². The molecule has 0 spiro atoms. The summed E-state index contributed by atoms with van der Waals surface area (Å²) in [5.74, 6) is -1.33. The van der Waals surface area contributed by atoms with Crippen molar-refractivity contribution in [2.45, 2.75) is 10.6 Å². The molecule has 0 aromatic heterocycles. The average molecular weight is 292 g/mol. The fourth-order valence-electron chi connectivity index (χ4n) is 1.73. The van der Waals surface area contributed by atoms with Gasteiger partial charge in [0.2, 0.25) is 0 Å². The topological polar surface area (TPSA) is 66.9 Å². The number of nitrogen functional groups attached to an aromatic ring is 1. The molecular formula is C14H10F2N2OS. The van der Waals surface area contributed by atoms with Crippen LogP contribution in [0.15, 0.2) is 41.3 Å². The third-order valence-electron chi connectivity index (χ3n) is 2.59. The van der Waals surface area contributed by atoms with Gasteiger partial charge in [0, 0.05) is 5.69 Å². The number of halogens is 2. The number of nitriles is 1. The monoisotopic (exact) mass is 292 g/mol. The van der Waals surface area contributed by atoms with Gasteiger partial charge in [0.15, 0.2) is 0 Å². The van der Waals surface area contributed by atoms with E-state index >= 15 is 0 Å². The molecule has 0 saturated carbocycles. The maximum Gasteiger partial charge on any atom is 0.141 e. The Morgan fingerprint density at radius 3 is 2.60 bits per heavy atom. The molecule has 0 bridgehead atoms. The molecule has 2 N–H and O–H groups in total. The number of nitrogens with two attached hydrogens (primary N) is 1. The number of hydrogen-bond acceptors (Lipinski definition) is 3. The molecule has 2 aromatic carbocycles. The summed E-state index contributed by atoms with van der Waals surface area (Å²) in [6, 6.07) is 9.36. The summed E-state index contributed by atoms with van der Waals surface area (Å²) in [6.07, 6.45) is 0. The molecule has 0 aliphatic heterocycles. The minimum Gasteiger partial charge on any atom is -0.399 e. The lowest BCUT2D eigenvalue weighted by Gasteiger charge is -2.05. The van der Waals surface area contributed by atoms with Gasteiger partial charge in [-0.2, -0.15) is 5.26 Å². The largest absolute Gasteiger partial charge is 0.399 e. The van der Waals surface area contributed by atoms with Crippen LogP contribution in [0.25, 0.3) is 0 Å². The number of rotatable bonds is 3. The van der Waals surface area contributed by atoms with Gasteiger partial charge in [-0.25, -0.2) is 8.78 Å². The van der Waals surface area contributed by atoms with Gasteiger partial charge in [0.25, 0.3) is 0 Å². The summed E-state index contributed by atoms with van der Waals surface area (Å²) in [6.45, 7) is 0. The van der Waals surface area contributed by atoms with E-state index in [2.05, 4.69) is 0 Å². The molecule has 1 unspecified atom stereocenters. The zero-order valence-electron chi connectivity index (χ0n) is 10.3. The Hall–Kier alpha value is -2.26. The molecule has 102 valence electrons. The second-order valence-electron chi connectivity index (χ2n) is 4.14. The Kier molecular flexibility index (Phi) is 4.11. The second-order valence-corrected chi connectivity index (χ2v) is 5.56. The van der Waals surface area contributed by atoms with Crippen LogP contribution >= 0.6 is 0 Å². The van der Waals surface area contributed by atoms with E-state index in [0.29, 0.717) is 5.56 Å². The van der Waals surface area contributed by atoms with E-state index in [1.807, 2.05) is 6.07 Å².